The summed E-state index contributed by atoms with van der Waals surface area (Å²) in [4.78, 5) is 28.9. The number of hydrogen-bond acceptors (Lipinski definition) is 5. The van der Waals surface area contributed by atoms with E-state index in [0.717, 1.165) is 0 Å². The van der Waals surface area contributed by atoms with Crippen molar-refractivity contribution in [3.63, 3.8) is 0 Å². The third-order valence-electron chi connectivity index (χ3n) is 4.20. The quantitative estimate of drug-likeness (QED) is 0.742. The van der Waals surface area contributed by atoms with Gasteiger partial charge >= 0.3 is 0 Å². The molecule has 0 saturated heterocycles. The van der Waals surface area contributed by atoms with Gasteiger partial charge in [0.1, 0.15) is 19.3 Å². The first-order valence-corrected chi connectivity index (χ1v) is 8.78. The van der Waals surface area contributed by atoms with Gasteiger partial charge in [-0.15, -0.1) is 0 Å². The Balaban J connectivity index is 1.39. The lowest BCUT2D eigenvalue weighted by Gasteiger charge is -2.26. The Morgan fingerprint density at radius 2 is 2.07 bits per heavy atom. The average molecular weight is 386 g/mol. The van der Waals surface area contributed by atoms with Crippen LogP contribution in [-0.4, -0.2) is 34.7 Å². The predicted molar refractivity (Wildman–Crippen MR) is 100 cm³/mol. The molecule has 0 aliphatic carbocycles. The number of para-hydroxylation sites is 2. The molecule has 0 fully saturated rings. The van der Waals surface area contributed by atoms with Crippen molar-refractivity contribution in [3.05, 3.63) is 64.2 Å². The second-order valence-corrected chi connectivity index (χ2v) is 6.58. The van der Waals surface area contributed by atoms with E-state index in [0.29, 0.717) is 34.0 Å². The SMILES string of the molecule is O=C(Cn1cnc2cc(Cl)ccc2c1=O)NCC1COc2ccccc2O1. The molecule has 27 heavy (non-hydrogen) atoms. The molecule has 7 nitrogen and oxygen atoms in total. The molecule has 0 spiro atoms. The maximum atomic E-state index is 12.5. The third-order valence-corrected chi connectivity index (χ3v) is 4.43. The van der Waals surface area contributed by atoms with Crippen LogP contribution in [0, 0.1) is 0 Å². The van der Waals surface area contributed by atoms with Crippen molar-refractivity contribution in [2.24, 2.45) is 0 Å². The van der Waals surface area contributed by atoms with Crippen molar-refractivity contribution in [2.75, 3.05) is 13.2 Å². The molecule has 1 aliphatic rings. The maximum absolute atomic E-state index is 12.5. The van der Waals surface area contributed by atoms with E-state index in [-0.39, 0.29) is 30.7 Å². The summed E-state index contributed by atoms with van der Waals surface area (Å²) in [6, 6.07) is 12.2. The number of nitrogens with zero attached hydrogens (tertiary/aromatic N) is 2. The fraction of sp³-hybridized carbons (Fsp3) is 0.211. The highest BCUT2D eigenvalue weighted by atomic mass is 35.5. The van der Waals surface area contributed by atoms with Gasteiger partial charge in [0, 0.05) is 5.02 Å². The summed E-state index contributed by atoms with van der Waals surface area (Å²) in [7, 11) is 0. The molecule has 4 rings (SSSR count). The van der Waals surface area contributed by atoms with Crippen LogP contribution in [0.3, 0.4) is 0 Å². The van der Waals surface area contributed by atoms with E-state index < -0.39 is 0 Å². The number of rotatable bonds is 4. The van der Waals surface area contributed by atoms with E-state index >= 15 is 0 Å². The summed E-state index contributed by atoms with van der Waals surface area (Å²) in [6.07, 6.45) is 1.05. The summed E-state index contributed by atoms with van der Waals surface area (Å²) in [5.41, 5.74) is 0.202. The lowest BCUT2D eigenvalue weighted by Crippen LogP contribution is -2.42. The minimum atomic E-state index is -0.310. The lowest BCUT2D eigenvalue weighted by atomic mass is 10.2. The molecular formula is C19H16ClN3O4. The molecule has 1 aliphatic heterocycles. The van der Waals surface area contributed by atoms with Crippen LogP contribution in [0.2, 0.25) is 5.02 Å². The van der Waals surface area contributed by atoms with Crippen molar-refractivity contribution in [1.82, 2.24) is 14.9 Å². The first-order valence-electron chi connectivity index (χ1n) is 8.40. The van der Waals surface area contributed by atoms with E-state index in [4.69, 9.17) is 21.1 Å². The second-order valence-electron chi connectivity index (χ2n) is 6.14. The minimum Gasteiger partial charge on any atom is -0.486 e. The molecule has 1 N–H and O–H groups in total. The highest BCUT2D eigenvalue weighted by molar-refractivity contribution is 6.31. The second kappa shape index (κ2) is 7.28. The van der Waals surface area contributed by atoms with Crippen molar-refractivity contribution in [2.45, 2.75) is 12.6 Å². The zero-order chi connectivity index (χ0) is 18.8. The Hall–Kier alpha value is -3.06. The Morgan fingerprint density at radius 1 is 1.26 bits per heavy atom. The monoisotopic (exact) mass is 385 g/mol. The van der Waals surface area contributed by atoms with E-state index in [1.807, 2.05) is 24.3 Å². The highest BCUT2D eigenvalue weighted by Gasteiger charge is 2.21. The Bertz CT molecular complexity index is 1070. The third kappa shape index (κ3) is 3.73. The summed E-state index contributed by atoms with van der Waals surface area (Å²) < 4.78 is 12.7. The van der Waals surface area contributed by atoms with Gasteiger partial charge in [0.05, 0.1) is 23.8 Å². The van der Waals surface area contributed by atoms with E-state index in [2.05, 4.69) is 10.3 Å². The van der Waals surface area contributed by atoms with Gasteiger partial charge in [-0.3, -0.25) is 14.2 Å². The molecule has 2 aromatic carbocycles. The fourth-order valence-corrected chi connectivity index (χ4v) is 3.01. The Kier molecular flexibility index (Phi) is 4.68. The van der Waals surface area contributed by atoms with Crippen LogP contribution in [0.5, 0.6) is 11.5 Å². The predicted octanol–water partition coefficient (Wildman–Crippen LogP) is 2.01. The molecule has 1 aromatic heterocycles. The van der Waals surface area contributed by atoms with E-state index in [9.17, 15) is 9.59 Å². The molecule has 1 amide bonds. The van der Waals surface area contributed by atoms with E-state index in [1.165, 1.54) is 10.9 Å². The molecule has 2 heterocycles. The largest absolute Gasteiger partial charge is 0.486 e. The Labute approximate surface area is 159 Å². The molecule has 8 heteroatoms. The molecule has 0 radical (unpaired) electrons. The van der Waals surface area contributed by atoms with Gasteiger partial charge < -0.3 is 14.8 Å². The van der Waals surface area contributed by atoms with Crippen LogP contribution < -0.4 is 20.3 Å². The van der Waals surface area contributed by atoms with Gasteiger partial charge in [0.15, 0.2) is 11.5 Å². The summed E-state index contributed by atoms with van der Waals surface area (Å²) in [5.74, 6) is 1.03. The number of nitrogens with one attached hydrogen (secondary N) is 1. The summed E-state index contributed by atoms with van der Waals surface area (Å²) in [5, 5.41) is 3.68. The van der Waals surface area contributed by atoms with Gasteiger partial charge in [-0.05, 0) is 30.3 Å². The Morgan fingerprint density at radius 3 is 2.93 bits per heavy atom. The average Bonchev–Trinajstić information content (AvgIpc) is 2.68. The maximum Gasteiger partial charge on any atom is 0.261 e. The van der Waals surface area contributed by atoms with Crippen molar-refractivity contribution in [3.8, 4) is 11.5 Å². The molecule has 0 bridgehead atoms. The number of hydrogen-bond donors (Lipinski definition) is 1. The number of benzene rings is 2. The van der Waals surface area contributed by atoms with Crippen LogP contribution >= 0.6 is 11.6 Å². The van der Waals surface area contributed by atoms with Gasteiger partial charge in [-0.25, -0.2) is 4.98 Å². The molecule has 1 unspecified atom stereocenters. The molecule has 0 saturated carbocycles. The number of carbonyl (C=O) groups excluding carboxylic acids is 1. The van der Waals surface area contributed by atoms with Gasteiger partial charge in [0.2, 0.25) is 5.91 Å². The van der Waals surface area contributed by atoms with Gasteiger partial charge in [-0.1, -0.05) is 23.7 Å². The topological polar surface area (TPSA) is 82.5 Å². The van der Waals surface area contributed by atoms with Crippen LogP contribution in [0.15, 0.2) is 53.6 Å². The molecule has 3 aromatic rings. The molecule has 138 valence electrons. The standard InChI is InChI=1S/C19H16ClN3O4/c20-12-5-6-14-15(7-12)22-11-23(19(14)25)9-18(24)21-8-13-10-26-16-3-1-2-4-17(16)27-13/h1-7,11,13H,8-10H2,(H,21,24). The number of fused-ring (bicyclic) bond motifs is 2. The van der Waals surface area contributed by atoms with Crippen LogP contribution in [0.25, 0.3) is 10.9 Å². The lowest BCUT2D eigenvalue weighted by molar-refractivity contribution is -0.122. The van der Waals surface area contributed by atoms with Crippen molar-refractivity contribution >= 4 is 28.4 Å². The summed E-state index contributed by atoms with van der Waals surface area (Å²) in [6.45, 7) is 0.489. The number of carbonyl (C=O) groups is 1. The number of amides is 1. The molecular weight excluding hydrogens is 370 g/mol. The fourth-order valence-electron chi connectivity index (χ4n) is 2.85. The highest BCUT2D eigenvalue weighted by Crippen LogP contribution is 2.30. The smallest absolute Gasteiger partial charge is 0.261 e. The van der Waals surface area contributed by atoms with Crippen LogP contribution in [0.4, 0.5) is 0 Å². The van der Waals surface area contributed by atoms with Crippen LogP contribution in [0.1, 0.15) is 0 Å². The van der Waals surface area contributed by atoms with Gasteiger partial charge in [-0.2, -0.15) is 0 Å². The zero-order valence-electron chi connectivity index (χ0n) is 14.2. The molecule has 1 atom stereocenters. The number of halogens is 1. The van der Waals surface area contributed by atoms with Crippen molar-refractivity contribution in [1.29, 1.82) is 0 Å². The number of ether oxygens (including phenoxy) is 2. The van der Waals surface area contributed by atoms with Crippen molar-refractivity contribution < 1.29 is 14.3 Å². The zero-order valence-corrected chi connectivity index (χ0v) is 15.0. The van der Waals surface area contributed by atoms with E-state index in [1.54, 1.807) is 18.2 Å². The normalized spacial score (nSPS) is 15.5. The number of aromatic nitrogens is 2. The minimum absolute atomic E-state index is 0.130. The first kappa shape index (κ1) is 17.4. The van der Waals surface area contributed by atoms with Gasteiger partial charge in [0.25, 0.3) is 5.56 Å². The van der Waals surface area contributed by atoms with Crippen LogP contribution in [-0.2, 0) is 11.3 Å². The first-order chi connectivity index (χ1) is 13.1. The summed E-state index contributed by atoms with van der Waals surface area (Å²) >= 11 is 5.91.